The molecule has 1 aliphatic rings. The van der Waals surface area contributed by atoms with Crippen molar-refractivity contribution in [3.8, 4) is 23.0 Å². The van der Waals surface area contributed by atoms with E-state index in [0.29, 0.717) is 5.56 Å². The molecular weight excluding hydrogens is 390 g/mol. The minimum Gasteiger partial charge on any atom is -0.851 e. The van der Waals surface area contributed by atoms with Gasteiger partial charge in [0.15, 0.2) is 0 Å². The van der Waals surface area contributed by atoms with Gasteiger partial charge in [0.1, 0.15) is 23.0 Å². The fourth-order valence-corrected chi connectivity index (χ4v) is 4.22. The maximum Gasteiger partial charge on any atom is 0.229 e. The normalized spacial score (nSPS) is 24.6. The molecule has 2 aromatic carbocycles. The molecule has 152 valence electrons. The quantitative estimate of drug-likeness (QED) is 0.450. The van der Waals surface area contributed by atoms with E-state index in [-0.39, 0.29) is 28.3 Å². The lowest BCUT2D eigenvalue weighted by molar-refractivity contribution is -0.536. The number of sulfonamides is 1. The van der Waals surface area contributed by atoms with Crippen molar-refractivity contribution >= 4 is 15.7 Å². The smallest absolute Gasteiger partial charge is 0.229 e. The molecule has 9 nitrogen and oxygen atoms in total. The molecule has 0 amide bonds. The first-order valence-corrected chi connectivity index (χ1v) is 10.2. The van der Waals surface area contributed by atoms with Gasteiger partial charge in [-0.2, -0.15) is 0 Å². The molecule has 10 heteroatoms. The van der Waals surface area contributed by atoms with Crippen molar-refractivity contribution < 1.29 is 39.1 Å². The third-order valence-electron chi connectivity index (χ3n) is 4.80. The van der Waals surface area contributed by atoms with Gasteiger partial charge in [-0.1, -0.05) is 0 Å². The summed E-state index contributed by atoms with van der Waals surface area (Å²) in [5, 5.41) is 65.9. The molecule has 2 unspecified atom stereocenters. The predicted molar refractivity (Wildman–Crippen MR) is 95.8 cm³/mol. The fourth-order valence-electron chi connectivity index (χ4n) is 3.67. The third kappa shape index (κ3) is 3.41. The van der Waals surface area contributed by atoms with Crippen LogP contribution in [0.1, 0.15) is 28.5 Å². The van der Waals surface area contributed by atoms with Crippen LogP contribution in [0.25, 0.3) is 0 Å². The van der Waals surface area contributed by atoms with E-state index in [1.54, 1.807) is 6.92 Å². The Morgan fingerprint density at radius 3 is 1.54 bits per heavy atom. The number of rotatable bonds is 4. The molecule has 1 aliphatic carbocycles. The van der Waals surface area contributed by atoms with Crippen molar-refractivity contribution in [1.29, 1.82) is 0 Å². The van der Waals surface area contributed by atoms with Gasteiger partial charge < -0.3 is 30.6 Å². The summed E-state index contributed by atoms with van der Waals surface area (Å²) in [5.74, 6) is -4.55. The van der Waals surface area contributed by atoms with E-state index in [4.69, 9.17) is 0 Å². The van der Waals surface area contributed by atoms with Gasteiger partial charge in [0.2, 0.25) is 10.0 Å². The fraction of sp³-hybridized carbons (Fsp3) is 0.333. The van der Waals surface area contributed by atoms with Crippen molar-refractivity contribution in [2.75, 3.05) is 11.0 Å². The third-order valence-corrected chi connectivity index (χ3v) is 5.41. The van der Waals surface area contributed by atoms with E-state index in [1.165, 1.54) is 12.1 Å². The van der Waals surface area contributed by atoms with Gasteiger partial charge in [-0.05, 0) is 36.5 Å². The molecule has 0 heterocycles. The van der Waals surface area contributed by atoms with Crippen LogP contribution in [0.3, 0.4) is 0 Å². The standard InChI is InChI=1S/C18H19NO8S/c1-7-3-9(20)13(10(21)4-7)15-17(24)16(18(15)25)14-11(22)5-8(6-12(14)23)19-28(2,26)27/h3-6,15-23H,1-2H3/q-2. The average Bonchev–Trinajstić information content (AvgIpc) is 2.52. The van der Waals surface area contributed by atoms with Crippen molar-refractivity contribution in [3.05, 3.63) is 41.0 Å². The van der Waals surface area contributed by atoms with Crippen LogP contribution in [0.4, 0.5) is 5.69 Å². The van der Waals surface area contributed by atoms with Crippen molar-refractivity contribution in [2.45, 2.75) is 31.0 Å². The summed E-state index contributed by atoms with van der Waals surface area (Å²) >= 11 is 0. The SMILES string of the molecule is Cc1cc(O)c(C2C([O-])C(c3c(O)cc(NS(C)(=O)=O)cc3O)C2[O-])c(O)c1. The summed E-state index contributed by atoms with van der Waals surface area (Å²) in [6.45, 7) is 1.62. The molecule has 2 aromatic rings. The van der Waals surface area contributed by atoms with Gasteiger partial charge in [-0.3, -0.25) is 4.72 Å². The molecule has 28 heavy (non-hydrogen) atoms. The first kappa shape index (κ1) is 20.1. The maximum absolute atomic E-state index is 12.7. The molecular formula is C18H19NO8S-2. The molecule has 0 saturated heterocycles. The van der Waals surface area contributed by atoms with Crippen LogP contribution < -0.4 is 14.9 Å². The molecule has 0 aliphatic heterocycles. The van der Waals surface area contributed by atoms with E-state index in [0.717, 1.165) is 18.4 Å². The molecule has 0 bridgehead atoms. The lowest BCUT2D eigenvalue weighted by atomic mass is 9.62. The molecule has 0 radical (unpaired) electrons. The average molecular weight is 409 g/mol. The Balaban J connectivity index is 1.95. The lowest BCUT2D eigenvalue weighted by Gasteiger charge is -2.61. The minimum absolute atomic E-state index is 0.129. The zero-order valence-corrected chi connectivity index (χ0v) is 15.8. The second kappa shape index (κ2) is 6.73. The van der Waals surface area contributed by atoms with Gasteiger partial charge in [-0.15, -0.1) is 12.2 Å². The van der Waals surface area contributed by atoms with Gasteiger partial charge >= 0.3 is 0 Å². The first-order valence-electron chi connectivity index (χ1n) is 8.28. The Labute approximate surface area is 161 Å². The van der Waals surface area contributed by atoms with E-state index in [2.05, 4.69) is 4.72 Å². The number of phenolic OH excluding ortho intramolecular Hbond substituents is 4. The Morgan fingerprint density at radius 2 is 1.18 bits per heavy atom. The van der Waals surface area contributed by atoms with Gasteiger partial charge in [0.05, 0.1) is 11.9 Å². The summed E-state index contributed by atoms with van der Waals surface area (Å²) in [7, 11) is -3.67. The zero-order valence-electron chi connectivity index (χ0n) is 14.9. The highest BCUT2D eigenvalue weighted by Gasteiger charge is 2.43. The highest BCUT2D eigenvalue weighted by Crippen LogP contribution is 2.54. The number of hydrogen-bond acceptors (Lipinski definition) is 8. The minimum atomic E-state index is -3.67. The Hall–Kier alpha value is -2.69. The van der Waals surface area contributed by atoms with Crippen LogP contribution in [0, 0.1) is 6.92 Å². The number of aromatic hydroxyl groups is 4. The molecule has 1 saturated carbocycles. The van der Waals surface area contributed by atoms with Gasteiger partial charge in [0, 0.05) is 23.3 Å². The summed E-state index contributed by atoms with van der Waals surface area (Å²) in [6.07, 6.45) is -2.41. The molecule has 3 rings (SSSR count). The highest BCUT2D eigenvalue weighted by atomic mass is 32.2. The highest BCUT2D eigenvalue weighted by molar-refractivity contribution is 7.92. The van der Waals surface area contributed by atoms with Crippen molar-refractivity contribution in [1.82, 2.24) is 0 Å². The zero-order chi connectivity index (χ0) is 21.0. The second-order valence-corrected chi connectivity index (χ2v) is 8.75. The molecule has 5 N–H and O–H groups in total. The second-order valence-electron chi connectivity index (χ2n) is 7.00. The number of anilines is 1. The van der Waals surface area contributed by atoms with Crippen LogP contribution in [-0.2, 0) is 10.0 Å². The van der Waals surface area contributed by atoms with Crippen LogP contribution in [0.5, 0.6) is 23.0 Å². The van der Waals surface area contributed by atoms with E-state index in [9.17, 15) is 39.1 Å². The van der Waals surface area contributed by atoms with E-state index < -0.39 is 45.6 Å². The predicted octanol–water partition coefficient (Wildman–Crippen LogP) is -0.472. The van der Waals surface area contributed by atoms with Crippen LogP contribution in [-0.4, -0.2) is 47.3 Å². The van der Waals surface area contributed by atoms with Crippen LogP contribution in [0.15, 0.2) is 24.3 Å². The molecule has 0 aromatic heterocycles. The van der Waals surface area contributed by atoms with Crippen LogP contribution >= 0.6 is 0 Å². The topological polar surface area (TPSA) is 173 Å². The van der Waals surface area contributed by atoms with Crippen LogP contribution in [0.2, 0.25) is 0 Å². The largest absolute Gasteiger partial charge is 0.851 e. The summed E-state index contributed by atoms with van der Waals surface area (Å²) in [4.78, 5) is 0. The van der Waals surface area contributed by atoms with E-state index in [1.807, 2.05) is 0 Å². The van der Waals surface area contributed by atoms with Crippen molar-refractivity contribution in [3.63, 3.8) is 0 Å². The first-order chi connectivity index (χ1) is 12.9. The Bertz CT molecular complexity index is 980. The number of hydrogen-bond donors (Lipinski definition) is 5. The van der Waals surface area contributed by atoms with Gasteiger partial charge in [0.25, 0.3) is 0 Å². The maximum atomic E-state index is 12.7. The number of benzene rings is 2. The lowest BCUT2D eigenvalue weighted by Crippen LogP contribution is -2.63. The van der Waals surface area contributed by atoms with E-state index >= 15 is 0 Å². The van der Waals surface area contributed by atoms with Crippen molar-refractivity contribution in [2.24, 2.45) is 0 Å². The summed E-state index contributed by atoms with van der Waals surface area (Å²) in [5.41, 5.74) is -0.0304. The Kier molecular flexibility index (Phi) is 4.82. The number of phenols is 4. The molecule has 1 fully saturated rings. The van der Waals surface area contributed by atoms with Gasteiger partial charge in [-0.25, -0.2) is 8.42 Å². The molecule has 0 spiro atoms. The number of nitrogens with one attached hydrogen (secondary N) is 1. The monoisotopic (exact) mass is 409 g/mol. The summed E-state index contributed by atoms with van der Waals surface area (Å²) < 4.78 is 24.6. The Morgan fingerprint density at radius 1 is 0.821 bits per heavy atom. The summed E-state index contributed by atoms with van der Waals surface area (Å²) in [6, 6.07) is 4.62. The molecule has 2 atom stereocenters. The number of aryl methyl sites for hydroxylation is 1.